The molecule has 6 heteroatoms. The molecule has 1 fully saturated rings. The summed E-state index contributed by atoms with van der Waals surface area (Å²) in [6, 6.07) is 18.7. The molecule has 1 atom stereocenters. The smallest absolute Gasteiger partial charge is 0.225 e. The normalized spacial score (nSPS) is 15.5. The largest absolute Gasteiger partial charge is 0.385 e. The van der Waals surface area contributed by atoms with E-state index in [4.69, 9.17) is 4.98 Å². The van der Waals surface area contributed by atoms with E-state index < -0.39 is 0 Å². The molecule has 2 aromatic carbocycles. The summed E-state index contributed by atoms with van der Waals surface area (Å²) < 4.78 is 2.01. The van der Waals surface area contributed by atoms with Crippen molar-refractivity contribution in [1.82, 2.24) is 19.5 Å². The van der Waals surface area contributed by atoms with E-state index in [2.05, 4.69) is 57.9 Å². The van der Waals surface area contributed by atoms with Gasteiger partial charge in [-0.1, -0.05) is 49.6 Å². The Morgan fingerprint density at radius 3 is 2.69 bits per heavy atom. The molecule has 2 heterocycles. The first-order chi connectivity index (χ1) is 15.8. The molecular formula is C26H30N6. The molecule has 0 bridgehead atoms. The van der Waals surface area contributed by atoms with Gasteiger partial charge >= 0.3 is 0 Å². The Hall–Kier alpha value is -3.41. The highest BCUT2D eigenvalue weighted by atomic mass is 15.2. The summed E-state index contributed by atoms with van der Waals surface area (Å²) in [5, 5.41) is 7.02. The molecule has 0 saturated heterocycles. The summed E-state index contributed by atoms with van der Waals surface area (Å²) in [6.07, 6.45) is 10.4. The number of imidazole rings is 1. The maximum Gasteiger partial charge on any atom is 0.225 e. The fourth-order valence-corrected chi connectivity index (χ4v) is 4.53. The van der Waals surface area contributed by atoms with E-state index in [0.717, 1.165) is 35.0 Å². The fraction of sp³-hybridized carbons (Fsp3) is 0.346. The number of hydrogen-bond acceptors (Lipinski definition) is 5. The molecule has 6 nitrogen and oxygen atoms in total. The summed E-state index contributed by atoms with van der Waals surface area (Å²) in [4.78, 5) is 13.8. The van der Waals surface area contributed by atoms with Crippen molar-refractivity contribution in [2.75, 3.05) is 17.2 Å². The molecular weight excluding hydrogens is 396 g/mol. The van der Waals surface area contributed by atoms with Gasteiger partial charge in [-0.15, -0.1) is 0 Å². The zero-order chi connectivity index (χ0) is 21.8. The average Bonchev–Trinajstić information content (AvgIpc) is 3.27. The fourth-order valence-electron chi connectivity index (χ4n) is 4.53. The van der Waals surface area contributed by atoms with Crippen LogP contribution in [0.1, 0.15) is 50.6 Å². The third kappa shape index (κ3) is 4.59. The number of aromatic nitrogens is 4. The summed E-state index contributed by atoms with van der Waals surface area (Å²) >= 11 is 0. The number of benzene rings is 2. The Kier molecular flexibility index (Phi) is 6.01. The van der Waals surface area contributed by atoms with Gasteiger partial charge in [0, 0.05) is 18.4 Å². The SMILES string of the molecule is CC(Nc1nccc(-n2cnc3cc(NCC4CCCCC4)ccc32)n1)c1ccccc1. The van der Waals surface area contributed by atoms with Crippen LogP contribution in [0.2, 0.25) is 0 Å². The average molecular weight is 427 g/mol. The monoisotopic (exact) mass is 426 g/mol. The zero-order valence-corrected chi connectivity index (χ0v) is 18.5. The van der Waals surface area contributed by atoms with E-state index >= 15 is 0 Å². The summed E-state index contributed by atoms with van der Waals surface area (Å²) in [7, 11) is 0. The van der Waals surface area contributed by atoms with Crippen molar-refractivity contribution in [3.63, 3.8) is 0 Å². The topological polar surface area (TPSA) is 67.7 Å². The van der Waals surface area contributed by atoms with Gasteiger partial charge in [0.1, 0.15) is 12.1 Å². The minimum absolute atomic E-state index is 0.115. The second-order valence-electron chi connectivity index (χ2n) is 8.72. The van der Waals surface area contributed by atoms with Crippen molar-refractivity contribution in [3.05, 3.63) is 72.7 Å². The molecule has 5 rings (SSSR count). The van der Waals surface area contributed by atoms with Gasteiger partial charge in [0.2, 0.25) is 5.95 Å². The van der Waals surface area contributed by atoms with Crippen molar-refractivity contribution >= 4 is 22.7 Å². The van der Waals surface area contributed by atoms with Gasteiger partial charge in [-0.05, 0) is 55.5 Å². The number of fused-ring (bicyclic) bond motifs is 1. The summed E-state index contributed by atoms with van der Waals surface area (Å²) in [6.45, 7) is 3.16. The van der Waals surface area contributed by atoms with Gasteiger partial charge in [0.25, 0.3) is 0 Å². The Balaban J connectivity index is 1.31. The highest BCUT2D eigenvalue weighted by Crippen LogP contribution is 2.26. The van der Waals surface area contributed by atoms with Crippen LogP contribution in [0.5, 0.6) is 0 Å². The Labute approximate surface area is 189 Å². The lowest BCUT2D eigenvalue weighted by Gasteiger charge is -2.22. The first-order valence-electron chi connectivity index (χ1n) is 11.6. The predicted molar refractivity (Wildman–Crippen MR) is 130 cm³/mol. The lowest BCUT2D eigenvalue weighted by molar-refractivity contribution is 0.373. The second-order valence-corrected chi connectivity index (χ2v) is 8.72. The number of hydrogen-bond donors (Lipinski definition) is 2. The standard InChI is InChI=1S/C26H30N6/c1-19(21-10-6-3-7-11-21)30-26-27-15-14-25(31-26)32-18-29-23-16-22(12-13-24(23)32)28-17-20-8-4-2-5-9-20/h3,6-7,10-16,18-20,28H,2,4-5,8-9,17H2,1H3,(H,27,30,31). The molecule has 0 radical (unpaired) electrons. The van der Waals surface area contributed by atoms with Crippen LogP contribution in [-0.4, -0.2) is 26.1 Å². The minimum atomic E-state index is 0.115. The van der Waals surface area contributed by atoms with E-state index in [-0.39, 0.29) is 6.04 Å². The summed E-state index contributed by atoms with van der Waals surface area (Å²) in [5.74, 6) is 2.20. The molecule has 1 aliphatic rings. The van der Waals surface area contributed by atoms with E-state index in [9.17, 15) is 0 Å². The van der Waals surface area contributed by atoms with Gasteiger partial charge in [0.05, 0.1) is 17.1 Å². The molecule has 4 aromatic rings. The van der Waals surface area contributed by atoms with Crippen LogP contribution in [0, 0.1) is 5.92 Å². The highest BCUT2D eigenvalue weighted by Gasteiger charge is 2.14. The van der Waals surface area contributed by atoms with Crippen LogP contribution in [-0.2, 0) is 0 Å². The van der Waals surface area contributed by atoms with Crippen LogP contribution in [0.3, 0.4) is 0 Å². The Morgan fingerprint density at radius 2 is 1.84 bits per heavy atom. The Bertz CT molecular complexity index is 1160. The maximum absolute atomic E-state index is 4.74. The lowest BCUT2D eigenvalue weighted by atomic mass is 9.89. The van der Waals surface area contributed by atoms with E-state index in [1.165, 1.54) is 37.7 Å². The number of nitrogens with zero attached hydrogens (tertiary/aromatic N) is 4. The van der Waals surface area contributed by atoms with Crippen LogP contribution in [0.25, 0.3) is 16.9 Å². The molecule has 2 N–H and O–H groups in total. The van der Waals surface area contributed by atoms with Crippen molar-refractivity contribution in [2.24, 2.45) is 5.92 Å². The molecule has 0 aliphatic heterocycles. The van der Waals surface area contributed by atoms with Crippen LogP contribution < -0.4 is 10.6 Å². The van der Waals surface area contributed by atoms with Gasteiger partial charge < -0.3 is 10.6 Å². The molecule has 1 unspecified atom stereocenters. The van der Waals surface area contributed by atoms with Crippen LogP contribution in [0.15, 0.2) is 67.1 Å². The van der Waals surface area contributed by atoms with Crippen molar-refractivity contribution in [3.8, 4) is 5.82 Å². The van der Waals surface area contributed by atoms with Crippen molar-refractivity contribution < 1.29 is 0 Å². The number of rotatable bonds is 7. The van der Waals surface area contributed by atoms with E-state index in [0.29, 0.717) is 5.95 Å². The first-order valence-corrected chi connectivity index (χ1v) is 11.6. The molecule has 164 valence electrons. The molecule has 1 aliphatic carbocycles. The van der Waals surface area contributed by atoms with E-state index in [1.807, 2.05) is 35.2 Å². The van der Waals surface area contributed by atoms with Crippen LogP contribution in [0.4, 0.5) is 11.6 Å². The van der Waals surface area contributed by atoms with Gasteiger partial charge in [-0.25, -0.2) is 9.97 Å². The molecule has 1 saturated carbocycles. The first kappa shape index (κ1) is 20.5. The molecule has 2 aromatic heterocycles. The second kappa shape index (κ2) is 9.39. The molecule has 0 spiro atoms. The molecule has 0 amide bonds. The van der Waals surface area contributed by atoms with Crippen molar-refractivity contribution in [2.45, 2.75) is 45.1 Å². The van der Waals surface area contributed by atoms with E-state index in [1.54, 1.807) is 6.20 Å². The Morgan fingerprint density at radius 1 is 1.00 bits per heavy atom. The highest BCUT2D eigenvalue weighted by molar-refractivity contribution is 5.81. The van der Waals surface area contributed by atoms with Gasteiger partial charge in [-0.2, -0.15) is 4.98 Å². The third-order valence-electron chi connectivity index (χ3n) is 6.40. The number of anilines is 2. The zero-order valence-electron chi connectivity index (χ0n) is 18.5. The van der Waals surface area contributed by atoms with Crippen LogP contribution >= 0.6 is 0 Å². The minimum Gasteiger partial charge on any atom is -0.385 e. The summed E-state index contributed by atoms with van der Waals surface area (Å²) in [5.41, 5.74) is 4.33. The number of nitrogens with one attached hydrogen (secondary N) is 2. The third-order valence-corrected chi connectivity index (χ3v) is 6.40. The quantitative estimate of drug-likeness (QED) is 0.380. The lowest BCUT2D eigenvalue weighted by Crippen LogP contribution is -2.17. The van der Waals surface area contributed by atoms with Gasteiger partial charge in [0.15, 0.2) is 0 Å². The van der Waals surface area contributed by atoms with Gasteiger partial charge in [-0.3, -0.25) is 4.57 Å². The maximum atomic E-state index is 4.74. The molecule has 32 heavy (non-hydrogen) atoms. The van der Waals surface area contributed by atoms with Crippen molar-refractivity contribution in [1.29, 1.82) is 0 Å². The predicted octanol–water partition coefficient (Wildman–Crippen LogP) is 5.98.